The molecule has 6 rings (SSSR count). The summed E-state index contributed by atoms with van der Waals surface area (Å²) < 4.78 is 56.5. The van der Waals surface area contributed by atoms with Gasteiger partial charge in [-0.3, -0.25) is 9.52 Å². The van der Waals surface area contributed by atoms with Crippen molar-refractivity contribution in [1.82, 2.24) is 19.4 Å². The van der Waals surface area contributed by atoms with Crippen molar-refractivity contribution in [2.45, 2.75) is 29.0 Å². The Hall–Kier alpha value is -4.32. The molecule has 2 heterocycles. The number of benzene rings is 4. The van der Waals surface area contributed by atoms with E-state index in [1.807, 2.05) is 59.3 Å². The topological polar surface area (TPSA) is 138 Å². The predicted octanol–water partition coefficient (Wildman–Crippen LogP) is 4.38. The third kappa shape index (κ3) is 5.64. The maximum absolute atomic E-state index is 13.5. The first-order valence-corrected chi connectivity index (χ1v) is 16.0. The van der Waals surface area contributed by atoms with Gasteiger partial charge in [-0.2, -0.15) is 0 Å². The molecule has 2 atom stereocenters. The normalized spacial score (nSPS) is 17.4. The molecule has 0 radical (unpaired) electrons. The van der Waals surface area contributed by atoms with Crippen molar-refractivity contribution in [1.29, 1.82) is 0 Å². The lowest BCUT2D eigenvalue weighted by Gasteiger charge is -2.18. The van der Waals surface area contributed by atoms with E-state index in [1.165, 1.54) is 0 Å². The van der Waals surface area contributed by atoms with Gasteiger partial charge in [-0.05, 0) is 52.9 Å². The number of aromatic nitrogens is 2. The molecule has 4 aromatic carbocycles. The Kier molecular flexibility index (Phi) is 6.94. The van der Waals surface area contributed by atoms with Crippen molar-refractivity contribution in [2.75, 3.05) is 0 Å². The quantitative estimate of drug-likeness (QED) is 0.247. The monoisotopic (exact) mass is 586 g/mol. The van der Waals surface area contributed by atoms with Crippen LogP contribution in [0.15, 0.2) is 108 Å². The van der Waals surface area contributed by atoms with E-state index in [-0.39, 0.29) is 17.7 Å². The van der Waals surface area contributed by atoms with E-state index in [0.717, 1.165) is 22.2 Å². The molecule has 1 fully saturated rings. The van der Waals surface area contributed by atoms with Crippen LogP contribution in [0.1, 0.15) is 34.7 Å². The number of nitrogens with zero attached hydrogens (tertiary/aromatic N) is 1. The van der Waals surface area contributed by atoms with Gasteiger partial charge in [0.25, 0.3) is 0 Å². The summed E-state index contributed by atoms with van der Waals surface area (Å²) in [6.07, 6.45) is 0.113. The summed E-state index contributed by atoms with van der Waals surface area (Å²) in [5, 5.41) is -0.951. The molecule has 0 aliphatic carbocycles. The fourth-order valence-corrected chi connectivity index (χ4v) is 7.62. The van der Waals surface area contributed by atoms with Gasteiger partial charge in [0.05, 0.1) is 28.4 Å². The standard InChI is InChI=1S/C30H26N4O5S2/c35-29-19-28(41(38,39)34-29)23-12-10-20(11-13-23)18-27(30-31-25-8-4-5-9-26(25)32-30)33-40(36,37)24-16-14-22(15-17-24)21-6-2-1-3-7-21/h1-17,27-28,33H,18-19H2,(H,31,32)(H,34,35)/t27-,28-/m0/s1. The van der Waals surface area contributed by atoms with E-state index in [1.54, 1.807) is 48.5 Å². The van der Waals surface area contributed by atoms with Gasteiger partial charge in [0.2, 0.25) is 26.0 Å². The Morgan fingerprint density at radius 2 is 1.51 bits per heavy atom. The predicted molar refractivity (Wildman–Crippen MR) is 156 cm³/mol. The van der Waals surface area contributed by atoms with E-state index in [2.05, 4.69) is 14.7 Å². The van der Waals surface area contributed by atoms with Crippen LogP contribution in [-0.2, 0) is 31.3 Å². The molecule has 0 saturated carbocycles. The van der Waals surface area contributed by atoms with Gasteiger partial charge in [-0.1, -0.05) is 78.9 Å². The van der Waals surface area contributed by atoms with Gasteiger partial charge in [-0.15, -0.1) is 0 Å². The highest BCUT2D eigenvalue weighted by atomic mass is 32.2. The van der Waals surface area contributed by atoms with Crippen LogP contribution < -0.4 is 9.44 Å². The summed E-state index contributed by atoms with van der Waals surface area (Å²) in [4.78, 5) is 19.7. The number of imidazole rings is 1. The summed E-state index contributed by atoms with van der Waals surface area (Å²) in [5.41, 5.74) is 4.62. The number of sulfonamides is 2. The number of nitrogens with one attached hydrogen (secondary N) is 3. The van der Waals surface area contributed by atoms with Gasteiger partial charge in [0.15, 0.2) is 0 Å². The van der Waals surface area contributed by atoms with E-state index in [4.69, 9.17) is 0 Å². The number of hydrogen-bond acceptors (Lipinski definition) is 6. The summed E-state index contributed by atoms with van der Waals surface area (Å²) in [5.74, 6) is -0.0804. The van der Waals surface area contributed by atoms with Crippen molar-refractivity contribution in [3.05, 3.63) is 120 Å². The molecule has 1 aliphatic heterocycles. The van der Waals surface area contributed by atoms with Crippen molar-refractivity contribution < 1.29 is 21.6 Å². The second kappa shape index (κ2) is 10.6. The molecule has 0 spiro atoms. The highest BCUT2D eigenvalue weighted by molar-refractivity contribution is 7.90. The molecule has 1 amide bonds. The Labute approximate surface area is 237 Å². The van der Waals surface area contributed by atoms with Crippen LogP contribution in [0, 0.1) is 0 Å². The average molecular weight is 587 g/mol. The Morgan fingerprint density at radius 3 is 2.17 bits per heavy atom. The van der Waals surface area contributed by atoms with Gasteiger partial charge < -0.3 is 4.98 Å². The zero-order valence-corrected chi connectivity index (χ0v) is 23.3. The first-order valence-electron chi connectivity index (χ1n) is 12.9. The van der Waals surface area contributed by atoms with Crippen molar-refractivity contribution in [3.8, 4) is 11.1 Å². The van der Waals surface area contributed by atoms with Gasteiger partial charge >= 0.3 is 0 Å². The SMILES string of the molecule is O=C1C[C@@H](c2ccc(C[C@H](NS(=O)(=O)c3ccc(-c4ccccc4)cc3)c3nc4ccccc4[nH]3)cc2)S(=O)(=O)N1. The fraction of sp³-hybridized carbons (Fsp3) is 0.133. The number of rotatable bonds is 8. The van der Waals surface area contributed by atoms with E-state index in [0.29, 0.717) is 16.9 Å². The van der Waals surface area contributed by atoms with Crippen LogP contribution >= 0.6 is 0 Å². The lowest BCUT2D eigenvalue weighted by Crippen LogP contribution is -2.31. The number of hydrogen-bond donors (Lipinski definition) is 3. The molecule has 1 aromatic heterocycles. The Balaban J connectivity index is 1.29. The number of fused-ring (bicyclic) bond motifs is 1. The van der Waals surface area contributed by atoms with Crippen molar-refractivity contribution in [2.24, 2.45) is 0 Å². The molecule has 0 bridgehead atoms. The van der Waals surface area contributed by atoms with E-state index in [9.17, 15) is 21.6 Å². The molecule has 3 N–H and O–H groups in total. The molecule has 41 heavy (non-hydrogen) atoms. The van der Waals surface area contributed by atoms with Crippen LogP contribution in [0.3, 0.4) is 0 Å². The molecular formula is C30H26N4O5S2. The first kappa shape index (κ1) is 26.9. The minimum atomic E-state index is -3.94. The van der Waals surface area contributed by atoms with Crippen LogP contribution in [0.2, 0.25) is 0 Å². The van der Waals surface area contributed by atoms with E-state index < -0.39 is 37.2 Å². The number of carbonyl (C=O) groups excluding carboxylic acids is 1. The van der Waals surface area contributed by atoms with Crippen LogP contribution in [0.5, 0.6) is 0 Å². The smallest absolute Gasteiger partial charge is 0.242 e. The number of carbonyl (C=O) groups is 1. The minimum absolute atomic E-state index is 0.122. The van der Waals surface area contributed by atoms with Crippen LogP contribution in [-0.4, -0.2) is 32.7 Å². The molecule has 1 aliphatic rings. The summed E-state index contributed by atoms with van der Waals surface area (Å²) in [6.45, 7) is 0. The zero-order chi connectivity index (χ0) is 28.6. The van der Waals surface area contributed by atoms with Crippen LogP contribution in [0.25, 0.3) is 22.2 Å². The minimum Gasteiger partial charge on any atom is -0.341 e. The second-order valence-corrected chi connectivity index (χ2v) is 13.5. The number of H-pyrrole nitrogens is 1. The maximum atomic E-state index is 13.5. The molecule has 1 saturated heterocycles. The van der Waals surface area contributed by atoms with Gasteiger partial charge in [0.1, 0.15) is 11.1 Å². The molecule has 0 unspecified atom stereocenters. The Bertz CT molecular complexity index is 1910. The molecule has 11 heteroatoms. The average Bonchev–Trinajstić information content (AvgIpc) is 3.53. The second-order valence-electron chi connectivity index (χ2n) is 9.91. The molecule has 5 aromatic rings. The number of amides is 1. The van der Waals surface area contributed by atoms with Gasteiger partial charge in [0, 0.05) is 0 Å². The molecule has 9 nitrogen and oxygen atoms in total. The highest BCUT2D eigenvalue weighted by Gasteiger charge is 2.37. The third-order valence-corrected chi connectivity index (χ3v) is 10.3. The Morgan fingerprint density at radius 1 is 0.854 bits per heavy atom. The number of aromatic amines is 1. The fourth-order valence-electron chi connectivity index (χ4n) is 4.99. The molecular weight excluding hydrogens is 560 g/mol. The number of para-hydroxylation sites is 2. The van der Waals surface area contributed by atoms with Crippen molar-refractivity contribution in [3.63, 3.8) is 0 Å². The highest BCUT2D eigenvalue weighted by Crippen LogP contribution is 2.31. The maximum Gasteiger partial charge on any atom is 0.242 e. The van der Waals surface area contributed by atoms with Crippen molar-refractivity contribution >= 4 is 37.0 Å². The van der Waals surface area contributed by atoms with Crippen LogP contribution in [0.4, 0.5) is 0 Å². The zero-order valence-electron chi connectivity index (χ0n) is 21.7. The lowest BCUT2D eigenvalue weighted by atomic mass is 10.0. The summed E-state index contributed by atoms with van der Waals surface area (Å²) >= 11 is 0. The molecule has 208 valence electrons. The van der Waals surface area contributed by atoms with E-state index >= 15 is 0 Å². The lowest BCUT2D eigenvalue weighted by molar-refractivity contribution is -0.118. The summed E-state index contributed by atoms with van der Waals surface area (Å²) in [7, 11) is -7.71. The van der Waals surface area contributed by atoms with Gasteiger partial charge in [-0.25, -0.2) is 26.5 Å². The first-order chi connectivity index (χ1) is 19.7. The largest absolute Gasteiger partial charge is 0.341 e. The third-order valence-electron chi connectivity index (χ3n) is 7.10. The summed E-state index contributed by atoms with van der Waals surface area (Å²) in [6, 6.07) is 29.9.